The lowest BCUT2D eigenvalue weighted by Gasteiger charge is -2.25. The summed E-state index contributed by atoms with van der Waals surface area (Å²) < 4.78 is 65.2. The molecule has 0 amide bonds. The number of rotatable bonds is 6. The highest BCUT2D eigenvalue weighted by molar-refractivity contribution is 7.99. The molecule has 12 heteroatoms. The fraction of sp³-hybridized carbons (Fsp3) is 0.500. The number of nitrogens with zero attached hydrogens (tertiary/aromatic N) is 2. The van der Waals surface area contributed by atoms with Crippen LogP contribution < -0.4 is 0 Å². The normalized spacial score (nSPS) is 15.2. The third-order valence-corrected chi connectivity index (χ3v) is 6.41. The number of hydrogen-bond donors (Lipinski definition) is 1. The van der Waals surface area contributed by atoms with Crippen LogP contribution in [-0.2, 0) is 21.8 Å². The Bertz CT molecular complexity index is 1030. The predicted molar refractivity (Wildman–Crippen MR) is 101 cm³/mol. The highest BCUT2D eigenvalue weighted by Crippen LogP contribution is 2.41. The van der Waals surface area contributed by atoms with E-state index in [1.54, 1.807) is 0 Å². The lowest BCUT2D eigenvalue weighted by molar-refractivity contribution is -0.387. The average molecular weight is 440 g/mol. The van der Waals surface area contributed by atoms with Crippen LogP contribution in [0.15, 0.2) is 18.2 Å². The molecule has 0 saturated heterocycles. The SMILES string of the molecule is CC(C)SCC(C)(O)c1cc2cc([N+](=O)[O-])c(C(F)(F)F)cc2n1S(C)(=O)=O. The van der Waals surface area contributed by atoms with E-state index in [2.05, 4.69) is 0 Å². The minimum absolute atomic E-state index is 0.0741. The van der Waals surface area contributed by atoms with Gasteiger partial charge in [-0.25, -0.2) is 12.4 Å². The van der Waals surface area contributed by atoms with Gasteiger partial charge < -0.3 is 5.11 Å². The summed E-state index contributed by atoms with van der Waals surface area (Å²) >= 11 is 1.33. The van der Waals surface area contributed by atoms with Crippen molar-refractivity contribution in [1.82, 2.24) is 3.97 Å². The molecule has 0 spiro atoms. The molecule has 1 aromatic carbocycles. The van der Waals surface area contributed by atoms with E-state index in [0.29, 0.717) is 16.1 Å². The van der Waals surface area contributed by atoms with Crippen molar-refractivity contribution in [2.45, 2.75) is 37.8 Å². The van der Waals surface area contributed by atoms with Gasteiger partial charge in [0.1, 0.15) is 11.2 Å². The van der Waals surface area contributed by atoms with Gasteiger partial charge in [-0.1, -0.05) is 13.8 Å². The van der Waals surface area contributed by atoms with Crippen LogP contribution in [0.4, 0.5) is 18.9 Å². The van der Waals surface area contributed by atoms with E-state index in [1.165, 1.54) is 24.8 Å². The maximum atomic E-state index is 13.3. The van der Waals surface area contributed by atoms with E-state index in [0.717, 1.165) is 6.26 Å². The molecule has 156 valence electrons. The molecule has 0 aliphatic carbocycles. The molecule has 28 heavy (non-hydrogen) atoms. The summed E-state index contributed by atoms with van der Waals surface area (Å²) in [5.41, 5.74) is -4.99. The standard InChI is InChI=1S/C16H19F3N2O5S2/c1-9(2)27-8-15(3,22)14-6-10-5-13(21(23)24)11(16(17,18)19)7-12(10)20(14)28(4,25)26/h5-7,9,22H,8H2,1-4H3. The van der Waals surface area contributed by atoms with E-state index in [4.69, 9.17) is 0 Å². The Hall–Kier alpha value is -1.79. The smallest absolute Gasteiger partial charge is 0.383 e. The first-order valence-corrected chi connectivity index (χ1v) is 10.9. The number of benzene rings is 1. The van der Waals surface area contributed by atoms with E-state index >= 15 is 0 Å². The number of aliphatic hydroxyl groups is 1. The molecule has 0 bridgehead atoms. The van der Waals surface area contributed by atoms with Gasteiger partial charge in [-0.3, -0.25) is 10.1 Å². The van der Waals surface area contributed by atoms with Crippen LogP contribution in [0.5, 0.6) is 0 Å². The van der Waals surface area contributed by atoms with Gasteiger partial charge in [-0.2, -0.15) is 24.9 Å². The zero-order chi connectivity index (χ0) is 21.7. The molecule has 0 radical (unpaired) electrons. The lowest BCUT2D eigenvalue weighted by Crippen LogP contribution is -2.30. The molecule has 1 heterocycles. The van der Waals surface area contributed by atoms with Crippen molar-refractivity contribution in [3.63, 3.8) is 0 Å². The van der Waals surface area contributed by atoms with Gasteiger partial charge >= 0.3 is 6.18 Å². The molecule has 2 rings (SSSR count). The molecule has 2 aromatic rings. The summed E-state index contributed by atoms with van der Waals surface area (Å²) in [4.78, 5) is 9.93. The maximum Gasteiger partial charge on any atom is 0.423 e. The number of nitro benzene ring substituents is 1. The Kier molecular flexibility index (Phi) is 5.81. The molecule has 1 atom stereocenters. The van der Waals surface area contributed by atoms with Gasteiger partial charge in [0.15, 0.2) is 0 Å². The molecule has 0 fully saturated rings. The first-order chi connectivity index (χ1) is 12.6. The third-order valence-electron chi connectivity index (χ3n) is 3.96. The molecule has 1 N–H and O–H groups in total. The third kappa shape index (κ3) is 4.44. The van der Waals surface area contributed by atoms with Gasteiger partial charge in [0.2, 0.25) is 10.0 Å². The Morgan fingerprint density at radius 2 is 1.86 bits per heavy atom. The Labute approximate surface area is 163 Å². The van der Waals surface area contributed by atoms with E-state index < -0.39 is 38.0 Å². The molecular weight excluding hydrogens is 421 g/mol. The van der Waals surface area contributed by atoms with E-state index in [-0.39, 0.29) is 27.6 Å². The second kappa shape index (κ2) is 7.23. The number of alkyl halides is 3. The number of aromatic nitrogens is 1. The molecule has 1 aromatic heterocycles. The summed E-state index contributed by atoms with van der Waals surface area (Å²) in [6.07, 6.45) is -4.27. The Morgan fingerprint density at radius 3 is 2.29 bits per heavy atom. The first kappa shape index (κ1) is 22.5. The summed E-state index contributed by atoms with van der Waals surface area (Å²) in [5, 5.41) is 22.0. The quantitative estimate of drug-likeness (QED) is 0.543. The van der Waals surface area contributed by atoms with Crippen molar-refractivity contribution in [3.8, 4) is 0 Å². The van der Waals surface area contributed by atoms with Gasteiger partial charge in [-0.15, -0.1) is 0 Å². The minimum atomic E-state index is -5.06. The van der Waals surface area contributed by atoms with Gasteiger partial charge in [0.05, 0.1) is 22.4 Å². The van der Waals surface area contributed by atoms with Crippen molar-refractivity contribution in [2.24, 2.45) is 0 Å². The average Bonchev–Trinajstić information content (AvgIpc) is 2.90. The fourth-order valence-corrected chi connectivity index (χ4v) is 4.66. The molecule has 0 aliphatic rings. The van der Waals surface area contributed by atoms with Crippen molar-refractivity contribution in [1.29, 1.82) is 0 Å². The van der Waals surface area contributed by atoms with E-state index in [9.17, 15) is 36.8 Å². The van der Waals surface area contributed by atoms with Gasteiger partial charge in [0.25, 0.3) is 5.69 Å². The van der Waals surface area contributed by atoms with Crippen LogP contribution in [0.3, 0.4) is 0 Å². The van der Waals surface area contributed by atoms with Gasteiger partial charge in [-0.05, 0) is 24.3 Å². The monoisotopic (exact) mass is 440 g/mol. The zero-order valence-electron chi connectivity index (χ0n) is 15.4. The number of halogens is 3. The van der Waals surface area contributed by atoms with Crippen molar-refractivity contribution in [2.75, 3.05) is 12.0 Å². The first-order valence-electron chi connectivity index (χ1n) is 8.02. The summed E-state index contributed by atoms with van der Waals surface area (Å²) in [6, 6.07) is 2.28. The molecule has 1 unspecified atom stereocenters. The summed E-state index contributed by atoms with van der Waals surface area (Å²) in [6.45, 7) is 5.08. The molecule has 0 aliphatic heterocycles. The van der Waals surface area contributed by atoms with Crippen LogP contribution in [0.1, 0.15) is 32.0 Å². The molecule has 0 saturated carbocycles. The van der Waals surface area contributed by atoms with Crippen LogP contribution in [-0.4, -0.2) is 39.7 Å². The van der Waals surface area contributed by atoms with Crippen molar-refractivity contribution in [3.05, 3.63) is 39.6 Å². The Balaban J connectivity index is 2.89. The number of hydrogen-bond acceptors (Lipinski definition) is 6. The van der Waals surface area contributed by atoms with E-state index in [1.807, 2.05) is 13.8 Å². The van der Waals surface area contributed by atoms with Crippen LogP contribution in [0, 0.1) is 10.1 Å². The molecule has 7 nitrogen and oxygen atoms in total. The minimum Gasteiger partial charge on any atom is -0.383 e. The van der Waals surface area contributed by atoms with Crippen LogP contribution >= 0.6 is 11.8 Å². The highest BCUT2D eigenvalue weighted by atomic mass is 32.2. The maximum absolute atomic E-state index is 13.3. The summed E-state index contributed by atoms with van der Waals surface area (Å²) in [5.74, 6) is 0.0741. The van der Waals surface area contributed by atoms with Crippen LogP contribution in [0.2, 0.25) is 0 Å². The topological polar surface area (TPSA) is 102 Å². The van der Waals surface area contributed by atoms with Crippen molar-refractivity contribution < 1.29 is 31.6 Å². The second-order valence-electron chi connectivity index (χ2n) is 6.87. The second-order valence-corrected chi connectivity index (χ2v) is 10.3. The van der Waals surface area contributed by atoms with Crippen molar-refractivity contribution >= 4 is 38.4 Å². The number of fused-ring (bicyclic) bond motifs is 1. The lowest BCUT2D eigenvalue weighted by atomic mass is 10.1. The highest BCUT2D eigenvalue weighted by Gasteiger charge is 2.40. The van der Waals surface area contributed by atoms with Gasteiger partial charge in [0, 0.05) is 17.2 Å². The predicted octanol–water partition coefficient (Wildman–Crippen LogP) is 3.73. The Morgan fingerprint density at radius 1 is 1.29 bits per heavy atom. The molecular formula is C16H19F3N2O5S2. The largest absolute Gasteiger partial charge is 0.423 e. The summed E-state index contributed by atoms with van der Waals surface area (Å²) in [7, 11) is -4.12. The number of nitro groups is 1. The van der Waals surface area contributed by atoms with Crippen LogP contribution in [0.25, 0.3) is 10.9 Å². The zero-order valence-corrected chi connectivity index (χ0v) is 17.1. The fourth-order valence-electron chi connectivity index (χ4n) is 2.73. The number of thioether (sulfide) groups is 1.